The molecule has 4 heteroatoms. The van der Waals surface area contributed by atoms with Crippen LogP contribution in [0.5, 0.6) is 0 Å². The zero-order chi connectivity index (χ0) is 18.6. The van der Waals surface area contributed by atoms with Crippen LogP contribution >= 0.6 is 11.8 Å². The van der Waals surface area contributed by atoms with Gasteiger partial charge in [0.2, 0.25) is 0 Å². The molecule has 2 aliphatic rings. The van der Waals surface area contributed by atoms with Crippen LogP contribution in [0.25, 0.3) is 6.08 Å². The lowest BCUT2D eigenvalue weighted by Gasteiger charge is -2.32. The van der Waals surface area contributed by atoms with E-state index in [1.165, 1.54) is 22.9 Å². The number of thioether (sulfide) groups is 1. The smallest absolute Gasteiger partial charge is 0.286 e. The van der Waals surface area contributed by atoms with Crippen LogP contribution in [0.1, 0.15) is 29.5 Å². The first-order valence-corrected chi connectivity index (χ1v) is 10.4. The second-order valence-electron chi connectivity index (χ2n) is 7.34. The van der Waals surface area contributed by atoms with Crippen LogP contribution in [0.2, 0.25) is 0 Å². The largest absolute Gasteiger partial charge is 0.351 e. The fourth-order valence-electron chi connectivity index (χ4n) is 3.62. The number of hydrogen-bond donors (Lipinski definition) is 0. The van der Waals surface area contributed by atoms with E-state index in [1.54, 1.807) is 0 Å². The van der Waals surface area contributed by atoms with Crippen LogP contribution in [0.3, 0.4) is 0 Å². The summed E-state index contributed by atoms with van der Waals surface area (Å²) in [5.41, 5.74) is 3.69. The predicted molar refractivity (Wildman–Crippen MR) is 114 cm³/mol. The van der Waals surface area contributed by atoms with Crippen molar-refractivity contribution in [1.82, 2.24) is 4.90 Å². The number of piperidine rings is 1. The summed E-state index contributed by atoms with van der Waals surface area (Å²) in [6, 6.07) is 18.9. The van der Waals surface area contributed by atoms with E-state index in [1.807, 2.05) is 18.2 Å². The monoisotopic (exact) mass is 376 g/mol. The molecule has 1 saturated heterocycles. The average molecular weight is 377 g/mol. The number of benzene rings is 2. The van der Waals surface area contributed by atoms with Crippen LogP contribution in [0, 0.1) is 12.8 Å². The van der Waals surface area contributed by atoms with E-state index in [2.05, 4.69) is 59.3 Å². The lowest BCUT2D eigenvalue weighted by atomic mass is 9.90. The van der Waals surface area contributed by atoms with Crippen LogP contribution in [-0.2, 0) is 11.2 Å². The summed E-state index contributed by atoms with van der Waals surface area (Å²) < 4.78 is 0. The Labute approximate surface area is 165 Å². The van der Waals surface area contributed by atoms with E-state index < -0.39 is 0 Å². The average Bonchev–Trinajstić information content (AvgIpc) is 3.05. The highest BCUT2D eigenvalue weighted by atomic mass is 32.2. The second kappa shape index (κ2) is 8.13. The third kappa shape index (κ3) is 4.51. The van der Waals surface area contributed by atoms with Crippen LogP contribution in [-0.4, -0.2) is 29.1 Å². The Bertz CT molecular complexity index is 863. The van der Waals surface area contributed by atoms with Crippen molar-refractivity contribution in [2.75, 3.05) is 13.1 Å². The summed E-state index contributed by atoms with van der Waals surface area (Å²) in [5.74, 6) is 0.607. The minimum Gasteiger partial charge on any atom is -0.351 e. The Kier molecular flexibility index (Phi) is 5.44. The molecule has 0 bridgehead atoms. The molecule has 1 amide bonds. The number of nitrogens with zero attached hydrogens (tertiary/aromatic N) is 2. The van der Waals surface area contributed by atoms with Gasteiger partial charge in [0.05, 0.1) is 4.91 Å². The normalized spacial score (nSPS) is 19.6. The molecule has 0 atom stereocenters. The summed E-state index contributed by atoms with van der Waals surface area (Å²) >= 11 is 1.52. The van der Waals surface area contributed by atoms with Gasteiger partial charge in [0.1, 0.15) is 0 Å². The zero-order valence-corrected chi connectivity index (χ0v) is 16.4. The van der Waals surface area contributed by atoms with Crippen molar-refractivity contribution in [3.8, 4) is 0 Å². The first kappa shape index (κ1) is 18.1. The van der Waals surface area contributed by atoms with Crippen LogP contribution in [0.15, 0.2) is 64.5 Å². The van der Waals surface area contributed by atoms with Crippen molar-refractivity contribution in [3.63, 3.8) is 0 Å². The van der Waals surface area contributed by atoms with Gasteiger partial charge in [-0.1, -0.05) is 60.2 Å². The van der Waals surface area contributed by atoms with E-state index in [0.29, 0.717) is 5.92 Å². The number of aryl methyl sites for hydroxylation is 1. The first-order valence-electron chi connectivity index (χ1n) is 9.55. The third-order valence-corrected chi connectivity index (χ3v) is 6.28. The van der Waals surface area contributed by atoms with E-state index in [0.717, 1.165) is 48.0 Å². The molecule has 2 heterocycles. The standard InChI is InChI=1S/C23H24N2OS/c1-17-7-9-19(10-8-17)16-21-22(26)24-23(27-21)25-13-11-20(12-14-25)15-18-5-3-2-4-6-18/h2-10,16,20H,11-15H2,1H3/b21-16-. The predicted octanol–water partition coefficient (Wildman–Crippen LogP) is 4.92. The molecule has 0 saturated carbocycles. The molecule has 3 nitrogen and oxygen atoms in total. The van der Waals surface area contributed by atoms with Gasteiger partial charge in [-0.25, -0.2) is 0 Å². The number of amidine groups is 1. The lowest BCUT2D eigenvalue weighted by molar-refractivity contribution is -0.113. The molecule has 0 aliphatic carbocycles. The van der Waals surface area contributed by atoms with Gasteiger partial charge in [-0.2, -0.15) is 4.99 Å². The van der Waals surface area contributed by atoms with Gasteiger partial charge < -0.3 is 4.90 Å². The van der Waals surface area contributed by atoms with Crippen LogP contribution in [0.4, 0.5) is 0 Å². The number of carbonyl (C=O) groups is 1. The number of hydrogen-bond acceptors (Lipinski definition) is 3. The zero-order valence-electron chi connectivity index (χ0n) is 15.6. The Balaban J connectivity index is 1.34. The highest BCUT2D eigenvalue weighted by Crippen LogP contribution is 2.32. The van der Waals surface area contributed by atoms with Crippen molar-refractivity contribution in [1.29, 1.82) is 0 Å². The molecule has 27 heavy (non-hydrogen) atoms. The summed E-state index contributed by atoms with van der Waals surface area (Å²) in [5, 5.41) is 0.872. The van der Waals surface area contributed by atoms with E-state index >= 15 is 0 Å². The number of likely N-dealkylation sites (tertiary alicyclic amines) is 1. The summed E-state index contributed by atoms with van der Waals surface area (Å²) in [4.78, 5) is 19.6. The van der Waals surface area contributed by atoms with E-state index in [4.69, 9.17) is 0 Å². The lowest BCUT2D eigenvalue weighted by Crippen LogP contribution is -2.37. The van der Waals surface area contributed by atoms with Gasteiger partial charge in [0.25, 0.3) is 5.91 Å². The molecule has 0 radical (unpaired) electrons. The quantitative estimate of drug-likeness (QED) is 0.713. The number of carbonyl (C=O) groups excluding carboxylic acids is 1. The van der Waals surface area contributed by atoms with Gasteiger partial charge in [0.15, 0.2) is 5.17 Å². The number of rotatable bonds is 3. The topological polar surface area (TPSA) is 32.7 Å². The molecule has 2 aromatic rings. The highest BCUT2D eigenvalue weighted by Gasteiger charge is 2.29. The third-order valence-electron chi connectivity index (χ3n) is 5.24. The molecule has 0 aromatic heterocycles. The maximum atomic E-state index is 12.3. The van der Waals surface area contributed by atoms with Crippen molar-refractivity contribution >= 4 is 28.9 Å². The molecular weight excluding hydrogens is 352 g/mol. The van der Waals surface area contributed by atoms with Gasteiger partial charge in [-0.3, -0.25) is 4.79 Å². The fourth-order valence-corrected chi connectivity index (χ4v) is 4.59. The maximum absolute atomic E-state index is 12.3. The maximum Gasteiger partial charge on any atom is 0.286 e. The Morgan fingerprint density at radius 1 is 1.07 bits per heavy atom. The minimum atomic E-state index is -0.109. The molecule has 0 unspecified atom stereocenters. The van der Waals surface area contributed by atoms with Crippen molar-refractivity contribution < 1.29 is 4.79 Å². The minimum absolute atomic E-state index is 0.109. The molecular formula is C23H24N2OS. The summed E-state index contributed by atoms with van der Waals surface area (Å²) in [6.07, 6.45) is 5.40. The van der Waals surface area contributed by atoms with E-state index in [9.17, 15) is 4.79 Å². The molecule has 4 rings (SSSR count). The molecule has 0 spiro atoms. The van der Waals surface area contributed by atoms with Gasteiger partial charge in [-0.15, -0.1) is 0 Å². The molecule has 2 aromatic carbocycles. The van der Waals surface area contributed by atoms with Gasteiger partial charge in [0, 0.05) is 13.1 Å². The van der Waals surface area contributed by atoms with E-state index in [-0.39, 0.29) is 5.91 Å². The number of aliphatic imine (C=N–C) groups is 1. The summed E-state index contributed by atoms with van der Waals surface area (Å²) in [7, 11) is 0. The molecule has 2 aliphatic heterocycles. The second-order valence-corrected chi connectivity index (χ2v) is 8.35. The van der Waals surface area contributed by atoms with Gasteiger partial charge in [-0.05, 0) is 61.1 Å². The van der Waals surface area contributed by atoms with Gasteiger partial charge >= 0.3 is 0 Å². The number of amides is 1. The SMILES string of the molecule is Cc1ccc(/C=C2\SC(N3CCC(Cc4ccccc4)CC3)=NC2=O)cc1. The Morgan fingerprint density at radius 2 is 1.78 bits per heavy atom. The van der Waals surface area contributed by atoms with Crippen molar-refractivity contribution in [3.05, 3.63) is 76.2 Å². The summed E-state index contributed by atoms with van der Waals surface area (Å²) in [6.45, 7) is 4.03. The molecule has 1 fully saturated rings. The molecule has 0 N–H and O–H groups in total. The molecule has 138 valence electrons. The van der Waals surface area contributed by atoms with Crippen molar-refractivity contribution in [2.24, 2.45) is 10.9 Å². The Morgan fingerprint density at radius 3 is 2.48 bits per heavy atom. The van der Waals surface area contributed by atoms with Crippen LogP contribution < -0.4 is 0 Å². The van der Waals surface area contributed by atoms with Crippen molar-refractivity contribution in [2.45, 2.75) is 26.2 Å². The highest BCUT2D eigenvalue weighted by molar-refractivity contribution is 8.18. The fraction of sp³-hybridized carbons (Fsp3) is 0.304. The first-order chi connectivity index (χ1) is 13.2. The Hall–Kier alpha value is -2.33.